The van der Waals surface area contributed by atoms with Crippen LogP contribution in [0.25, 0.3) is 0 Å². The molecule has 0 aromatic rings. The minimum atomic E-state index is -0.837. The molecule has 19 heavy (non-hydrogen) atoms. The minimum Gasteiger partial charge on any atom is -0.465 e. The number of esters is 1. The number of ether oxygens (including phenoxy) is 1. The van der Waals surface area contributed by atoms with E-state index in [-0.39, 0.29) is 11.8 Å². The van der Waals surface area contributed by atoms with Gasteiger partial charge in [-0.25, -0.2) is 0 Å². The van der Waals surface area contributed by atoms with Gasteiger partial charge in [0.2, 0.25) is 0 Å². The summed E-state index contributed by atoms with van der Waals surface area (Å²) >= 11 is 0. The fraction of sp³-hybridized carbons (Fsp3) is 0.800. The molecule has 108 valence electrons. The first-order valence-electron chi connectivity index (χ1n) is 7.15. The molecule has 0 saturated heterocycles. The lowest BCUT2D eigenvalue weighted by molar-refractivity contribution is -0.157. The third-order valence-corrected chi connectivity index (χ3v) is 4.03. The van der Waals surface area contributed by atoms with Crippen molar-refractivity contribution in [1.82, 2.24) is 0 Å². The monoisotopic (exact) mass is 268 g/mol. The van der Waals surface area contributed by atoms with E-state index in [0.29, 0.717) is 31.1 Å². The maximum Gasteiger partial charge on any atom is 0.319 e. The van der Waals surface area contributed by atoms with Gasteiger partial charge in [0.15, 0.2) is 0 Å². The van der Waals surface area contributed by atoms with Crippen molar-refractivity contribution in [3.63, 3.8) is 0 Å². The molecule has 2 rings (SSSR count). The molecule has 0 aromatic carbocycles. The smallest absolute Gasteiger partial charge is 0.319 e. The summed E-state index contributed by atoms with van der Waals surface area (Å²) < 4.78 is 4.84. The van der Waals surface area contributed by atoms with Gasteiger partial charge in [-0.3, -0.25) is 14.4 Å². The second kappa shape index (κ2) is 6.83. The van der Waals surface area contributed by atoms with E-state index in [4.69, 9.17) is 4.74 Å². The topological polar surface area (TPSA) is 60.4 Å². The zero-order chi connectivity index (χ0) is 14.5. The summed E-state index contributed by atoms with van der Waals surface area (Å²) in [6.45, 7) is 5.79. The van der Waals surface area contributed by atoms with E-state index >= 15 is 0 Å². The third kappa shape index (κ3) is 3.88. The molecule has 2 aliphatic carbocycles. The number of carbonyl (C=O) groups is 3. The fourth-order valence-electron chi connectivity index (χ4n) is 2.51. The molecule has 0 heterocycles. The Morgan fingerprint density at radius 2 is 2.00 bits per heavy atom. The maximum atomic E-state index is 11.3. The number of Topliss-reactive ketones (excluding diaryl/α,β-unsaturated/α-hetero) is 2. The van der Waals surface area contributed by atoms with E-state index in [9.17, 15) is 14.4 Å². The molecule has 0 radical (unpaired) electrons. The molecule has 2 unspecified atom stereocenters. The molecule has 0 aromatic heterocycles. The Morgan fingerprint density at radius 1 is 1.32 bits per heavy atom. The van der Waals surface area contributed by atoms with E-state index in [1.807, 2.05) is 6.92 Å². The zero-order valence-electron chi connectivity index (χ0n) is 12.2. The predicted octanol–water partition coefficient (Wildman–Crippen LogP) is 2.68. The summed E-state index contributed by atoms with van der Waals surface area (Å²) in [7, 11) is 0. The Bertz CT molecular complexity index is 361. The molecule has 0 N–H and O–H groups in total. The molecule has 0 amide bonds. The average molecular weight is 268 g/mol. The van der Waals surface area contributed by atoms with E-state index in [1.165, 1.54) is 0 Å². The van der Waals surface area contributed by atoms with Crippen LogP contribution in [0.1, 0.15) is 59.3 Å². The van der Waals surface area contributed by atoms with E-state index < -0.39 is 5.41 Å². The van der Waals surface area contributed by atoms with Gasteiger partial charge >= 0.3 is 5.97 Å². The SMILES string of the molecule is CC1CCCC1=O.CCOC(=O)C1(C)CCCC1=O. The van der Waals surface area contributed by atoms with Crippen molar-refractivity contribution in [2.45, 2.75) is 59.3 Å². The molecule has 4 heteroatoms. The third-order valence-electron chi connectivity index (χ3n) is 4.03. The van der Waals surface area contributed by atoms with E-state index in [2.05, 4.69) is 0 Å². The van der Waals surface area contributed by atoms with E-state index in [1.54, 1.807) is 13.8 Å². The van der Waals surface area contributed by atoms with Crippen LogP contribution in [0.5, 0.6) is 0 Å². The minimum absolute atomic E-state index is 0.0287. The van der Waals surface area contributed by atoms with E-state index in [0.717, 1.165) is 25.7 Å². The number of ketones is 2. The molecule has 0 aliphatic heterocycles. The van der Waals surface area contributed by atoms with Crippen molar-refractivity contribution in [2.24, 2.45) is 11.3 Å². The van der Waals surface area contributed by atoms with Crippen LogP contribution in [-0.2, 0) is 19.1 Å². The van der Waals surface area contributed by atoms with Crippen LogP contribution in [0, 0.1) is 11.3 Å². The quantitative estimate of drug-likeness (QED) is 0.570. The Labute approximate surface area is 114 Å². The average Bonchev–Trinajstić information content (AvgIpc) is 2.89. The standard InChI is InChI=1S/C9H14O3.C6H10O/c1-3-12-8(11)9(2)6-4-5-7(9)10;1-5-3-2-4-6(5)7/h3-6H2,1-2H3;5H,2-4H2,1H3. The van der Waals surface area contributed by atoms with Crippen LogP contribution in [0.15, 0.2) is 0 Å². The summed E-state index contributed by atoms with van der Waals surface area (Å²) in [6.07, 6.45) is 5.06. The van der Waals surface area contributed by atoms with Crippen molar-refractivity contribution in [2.75, 3.05) is 6.61 Å². The molecule has 4 nitrogen and oxygen atoms in total. The van der Waals surface area contributed by atoms with Crippen molar-refractivity contribution < 1.29 is 19.1 Å². The van der Waals surface area contributed by atoms with Gasteiger partial charge in [0.1, 0.15) is 17.0 Å². The van der Waals surface area contributed by atoms with Crippen LogP contribution in [-0.4, -0.2) is 24.1 Å². The molecule has 2 saturated carbocycles. The lowest BCUT2D eigenvalue weighted by atomic mass is 9.88. The van der Waals surface area contributed by atoms with Gasteiger partial charge in [0, 0.05) is 18.8 Å². The van der Waals surface area contributed by atoms with Crippen LogP contribution in [0.2, 0.25) is 0 Å². The molecule has 2 aliphatic rings. The van der Waals surface area contributed by atoms with Crippen LogP contribution < -0.4 is 0 Å². The van der Waals surface area contributed by atoms with Gasteiger partial charge in [-0.05, 0) is 39.5 Å². The molecule has 2 atom stereocenters. The van der Waals surface area contributed by atoms with Gasteiger partial charge < -0.3 is 4.74 Å². The predicted molar refractivity (Wildman–Crippen MR) is 71.6 cm³/mol. The highest BCUT2D eigenvalue weighted by Gasteiger charge is 2.45. The fourth-order valence-corrected chi connectivity index (χ4v) is 2.51. The van der Waals surface area contributed by atoms with Crippen LogP contribution in [0.3, 0.4) is 0 Å². The number of carbonyl (C=O) groups excluding carboxylic acids is 3. The first kappa shape index (κ1) is 15.9. The van der Waals surface area contributed by atoms with Gasteiger partial charge in [-0.2, -0.15) is 0 Å². The molecule has 0 bridgehead atoms. The van der Waals surface area contributed by atoms with Crippen molar-refractivity contribution in [3.8, 4) is 0 Å². The zero-order valence-corrected chi connectivity index (χ0v) is 12.2. The molecule has 2 fully saturated rings. The largest absolute Gasteiger partial charge is 0.465 e. The van der Waals surface area contributed by atoms with Crippen LogP contribution >= 0.6 is 0 Å². The Balaban J connectivity index is 0.000000218. The number of hydrogen-bond donors (Lipinski definition) is 0. The summed E-state index contributed by atoms with van der Waals surface area (Å²) in [6, 6.07) is 0. The van der Waals surface area contributed by atoms with Gasteiger partial charge in [-0.1, -0.05) is 6.92 Å². The van der Waals surface area contributed by atoms with Gasteiger partial charge in [-0.15, -0.1) is 0 Å². The van der Waals surface area contributed by atoms with Crippen molar-refractivity contribution in [1.29, 1.82) is 0 Å². The highest BCUT2D eigenvalue weighted by molar-refractivity contribution is 6.04. The number of hydrogen-bond acceptors (Lipinski definition) is 4. The Morgan fingerprint density at radius 3 is 2.32 bits per heavy atom. The second-order valence-corrected chi connectivity index (χ2v) is 5.59. The van der Waals surface area contributed by atoms with Gasteiger partial charge in [0.05, 0.1) is 6.61 Å². The molecular formula is C15H24O4. The highest BCUT2D eigenvalue weighted by Crippen LogP contribution is 2.35. The van der Waals surface area contributed by atoms with Crippen LogP contribution in [0.4, 0.5) is 0 Å². The summed E-state index contributed by atoms with van der Waals surface area (Å²) in [4.78, 5) is 33.2. The highest BCUT2D eigenvalue weighted by atomic mass is 16.5. The summed E-state index contributed by atoms with van der Waals surface area (Å²) in [5.74, 6) is 0.508. The first-order chi connectivity index (χ1) is 8.91. The normalized spacial score (nSPS) is 29.9. The molecule has 0 spiro atoms. The maximum absolute atomic E-state index is 11.3. The van der Waals surface area contributed by atoms with Gasteiger partial charge in [0.25, 0.3) is 0 Å². The Hall–Kier alpha value is -1.19. The second-order valence-electron chi connectivity index (χ2n) is 5.59. The van der Waals surface area contributed by atoms with Crippen molar-refractivity contribution in [3.05, 3.63) is 0 Å². The summed E-state index contributed by atoms with van der Waals surface area (Å²) in [5, 5.41) is 0. The summed E-state index contributed by atoms with van der Waals surface area (Å²) in [5.41, 5.74) is -0.837. The lowest BCUT2D eigenvalue weighted by Crippen LogP contribution is -2.33. The first-order valence-corrected chi connectivity index (χ1v) is 7.15. The van der Waals surface area contributed by atoms with Crippen molar-refractivity contribution >= 4 is 17.5 Å². The molecular weight excluding hydrogens is 244 g/mol. The lowest BCUT2D eigenvalue weighted by Gasteiger charge is -2.18. The number of rotatable bonds is 2. The Kier molecular flexibility index (Phi) is 5.70.